The number of carbonyl (C=O) groups is 1. The van der Waals surface area contributed by atoms with Gasteiger partial charge in [0.05, 0.1) is 4.47 Å². The van der Waals surface area contributed by atoms with Gasteiger partial charge >= 0.3 is 0 Å². The van der Waals surface area contributed by atoms with Gasteiger partial charge < -0.3 is 10.0 Å². The van der Waals surface area contributed by atoms with E-state index in [-0.39, 0.29) is 17.7 Å². The van der Waals surface area contributed by atoms with Crippen LogP contribution in [0.3, 0.4) is 0 Å². The zero-order valence-corrected chi connectivity index (χ0v) is 12.3. The summed E-state index contributed by atoms with van der Waals surface area (Å²) >= 11 is 3.22. The average molecular weight is 312 g/mol. The number of halogens is 1. The minimum atomic E-state index is 0.0228. The number of nitrogens with zero attached hydrogens (tertiary/aromatic N) is 1. The van der Waals surface area contributed by atoms with Crippen LogP contribution in [0.2, 0.25) is 0 Å². The lowest BCUT2D eigenvalue weighted by atomic mass is 10.1. The summed E-state index contributed by atoms with van der Waals surface area (Å²) < 4.78 is 0.612. The summed E-state index contributed by atoms with van der Waals surface area (Å²) in [5.41, 5.74) is 0.558. The van der Waals surface area contributed by atoms with Crippen molar-refractivity contribution in [3.8, 4) is 5.75 Å². The van der Waals surface area contributed by atoms with Crippen molar-refractivity contribution in [2.75, 3.05) is 0 Å². The SMILES string of the molecule is CCC1CCC(C)N1C(=O)c1ccc(Br)c(O)c1. The van der Waals surface area contributed by atoms with Crippen molar-refractivity contribution in [1.29, 1.82) is 0 Å². The van der Waals surface area contributed by atoms with E-state index in [0.29, 0.717) is 16.1 Å². The molecule has 0 bridgehead atoms. The normalized spacial score (nSPS) is 23.4. The first-order chi connectivity index (χ1) is 8.54. The summed E-state index contributed by atoms with van der Waals surface area (Å²) in [5, 5.41) is 9.66. The molecule has 2 atom stereocenters. The molecule has 18 heavy (non-hydrogen) atoms. The number of aromatic hydroxyl groups is 1. The molecule has 2 rings (SSSR count). The van der Waals surface area contributed by atoms with Crippen LogP contribution < -0.4 is 0 Å². The van der Waals surface area contributed by atoms with Crippen LogP contribution in [-0.4, -0.2) is 28.0 Å². The number of hydrogen-bond donors (Lipinski definition) is 1. The van der Waals surface area contributed by atoms with Crippen LogP contribution in [0.15, 0.2) is 22.7 Å². The molecule has 1 amide bonds. The third kappa shape index (κ3) is 2.39. The highest BCUT2D eigenvalue weighted by Gasteiger charge is 2.33. The third-order valence-corrected chi connectivity index (χ3v) is 4.36. The summed E-state index contributed by atoms with van der Waals surface area (Å²) in [6.07, 6.45) is 3.12. The molecule has 1 aromatic carbocycles. The number of phenols is 1. The van der Waals surface area contributed by atoms with Gasteiger partial charge in [-0.2, -0.15) is 0 Å². The highest BCUT2D eigenvalue weighted by molar-refractivity contribution is 9.10. The fraction of sp³-hybridized carbons (Fsp3) is 0.500. The zero-order valence-electron chi connectivity index (χ0n) is 10.7. The van der Waals surface area contributed by atoms with Crippen LogP contribution in [0.5, 0.6) is 5.75 Å². The fourth-order valence-electron chi connectivity index (χ4n) is 2.63. The topological polar surface area (TPSA) is 40.5 Å². The van der Waals surface area contributed by atoms with E-state index in [1.165, 1.54) is 6.07 Å². The Morgan fingerprint density at radius 2 is 2.22 bits per heavy atom. The molecule has 1 aromatic rings. The number of amides is 1. The molecule has 1 aliphatic rings. The van der Waals surface area contributed by atoms with Gasteiger partial charge in [0.2, 0.25) is 0 Å². The Morgan fingerprint density at radius 1 is 1.50 bits per heavy atom. The maximum absolute atomic E-state index is 12.5. The van der Waals surface area contributed by atoms with Crippen molar-refractivity contribution >= 4 is 21.8 Å². The number of hydrogen-bond acceptors (Lipinski definition) is 2. The molecular weight excluding hydrogens is 294 g/mol. The number of carbonyl (C=O) groups excluding carboxylic acids is 1. The highest BCUT2D eigenvalue weighted by Crippen LogP contribution is 2.30. The first-order valence-corrected chi connectivity index (χ1v) is 7.15. The van der Waals surface area contributed by atoms with E-state index in [1.807, 2.05) is 4.90 Å². The molecule has 1 N–H and O–H groups in total. The molecule has 1 heterocycles. The van der Waals surface area contributed by atoms with Crippen molar-refractivity contribution in [2.24, 2.45) is 0 Å². The van der Waals surface area contributed by atoms with Gasteiger partial charge in [0, 0.05) is 17.6 Å². The van der Waals surface area contributed by atoms with Crippen LogP contribution in [0.4, 0.5) is 0 Å². The molecule has 98 valence electrons. The van der Waals surface area contributed by atoms with Crippen molar-refractivity contribution in [2.45, 2.75) is 45.2 Å². The zero-order chi connectivity index (χ0) is 13.3. The second kappa shape index (κ2) is 5.31. The van der Waals surface area contributed by atoms with E-state index in [0.717, 1.165) is 19.3 Å². The Kier molecular flexibility index (Phi) is 3.95. The lowest BCUT2D eigenvalue weighted by Gasteiger charge is -2.28. The molecule has 1 fully saturated rings. The predicted octanol–water partition coefficient (Wildman–Crippen LogP) is 3.56. The molecule has 1 aliphatic heterocycles. The Balaban J connectivity index is 2.27. The maximum Gasteiger partial charge on any atom is 0.254 e. The largest absolute Gasteiger partial charge is 0.507 e. The summed E-state index contributed by atoms with van der Waals surface area (Å²) in [7, 11) is 0. The van der Waals surface area contributed by atoms with Gasteiger partial charge in [0.1, 0.15) is 5.75 Å². The first kappa shape index (κ1) is 13.4. The minimum Gasteiger partial charge on any atom is -0.507 e. The van der Waals surface area contributed by atoms with Crippen LogP contribution in [0.1, 0.15) is 43.5 Å². The van der Waals surface area contributed by atoms with Gasteiger partial charge in [0.15, 0.2) is 0 Å². The Morgan fingerprint density at radius 3 is 2.83 bits per heavy atom. The number of likely N-dealkylation sites (tertiary alicyclic amines) is 1. The van der Waals surface area contributed by atoms with E-state index >= 15 is 0 Å². The van der Waals surface area contributed by atoms with Gasteiger partial charge in [-0.3, -0.25) is 4.79 Å². The van der Waals surface area contributed by atoms with Gasteiger partial charge in [-0.1, -0.05) is 6.92 Å². The number of benzene rings is 1. The fourth-order valence-corrected chi connectivity index (χ4v) is 2.88. The van der Waals surface area contributed by atoms with Crippen LogP contribution in [0.25, 0.3) is 0 Å². The summed E-state index contributed by atoms with van der Waals surface area (Å²) in [6.45, 7) is 4.20. The second-order valence-corrected chi connectivity index (χ2v) is 5.72. The molecule has 0 aliphatic carbocycles. The molecule has 0 aromatic heterocycles. The Hall–Kier alpha value is -1.03. The van der Waals surface area contributed by atoms with E-state index in [2.05, 4.69) is 29.8 Å². The molecule has 2 unspecified atom stereocenters. The first-order valence-electron chi connectivity index (χ1n) is 6.35. The van der Waals surface area contributed by atoms with Gasteiger partial charge in [0.25, 0.3) is 5.91 Å². The van der Waals surface area contributed by atoms with E-state index in [4.69, 9.17) is 0 Å². The number of rotatable bonds is 2. The van der Waals surface area contributed by atoms with Crippen LogP contribution >= 0.6 is 15.9 Å². The van der Waals surface area contributed by atoms with E-state index < -0.39 is 0 Å². The van der Waals surface area contributed by atoms with Crippen molar-refractivity contribution in [3.05, 3.63) is 28.2 Å². The Bertz CT molecular complexity index is 461. The molecule has 0 spiro atoms. The lowest BCUT2D eigenvalue weighted by molar-refractivity contribution is 0.0676. The lowest BCUT2D eigenvalue weighted by Crippen LogP contribution is -2.39. The molecular formula is C14H18BrNO2. The monoisotopic (exact) mass is 311 g/mol. The molecule has 0 saturated carbocycles. The minimum absolute atomic E-state index is 0.0228. The summed E-state index contributed by atoms with van der Waals surface area (Å²) in [5.74, 6) is 0.135. The third-order valence-electron chi connectivity index (χ3n) is 3.68. The van der Waals surface area contributed by atoms with Gasteiger partial charge in [-0.15, -0.1) is 0 Å². The van der Waals surface area contributed by atoms with Gasteiger partial charge in [-0.05, 0) is 60.3 Å². The molecule has 1 saturated heterocycles. The van der Waals surface area contributed by atoms with E-state index in [9.17, 15) is 9.90 Å². The predicted molar refractivity (Wildman–Crippen MR) is 74.8 cm³/mol. The van der Waals surface area contributed by atoms with Crippen molar-refractivity contribution in [3.63, 3.8) is 0 Å². The smallest absolute Gasteiger partial charge is 0.254 e. The van der Waals surface area contributed by atoms with Crippen LogP contribution in [-0.2, 0) is 0 Å². The Labute approximate surface area is 116 Å². The molecule has 3 nitrogen and oxygen atoms in total. The number of phenolic OH excluding ortho intramolecular Hbond substituents is 1. The average Bonchev–Trinajstić information content (AvgIpc) is 2.73. The molecule has 0 radical (unpaired) electrons. The maximum atomic E-state index is 12.5. The molecule has 4 heteroatoms. The summed E-state index contributed by atoms with van der Waals surface area (Å²) in [4.78, 5) is 14.5. The van der Waals surface area contributed by atoms with E-state index in [1.54, 1.807) is 12.1 Å². The van der Waals surface area contributed by atoms with Crippen LogP contribution in [0, 0.1) is 0 Å². The standard InChI is InChI=1S/C14H18BrNO2/c1-3-11-6-4-9(2)16(11)14(18)10-5-7-12(15)13(17)8-10/h5,7-9,11,17H,3-4,6H2,1-2H3. The van der Waals surface area contributed by atoms with Crippen molar-refractivity contribution < 1.29 is 9.90 Å². The van der Waals surface area contributed by atoms with Crippen molar-refractivity contribution in [1.82, 2.24) is 4.90 Å². The second-order valence-electron chi connectivity index (χ2n) is 4.87. The quantitative estimate of drug-likeness (QED) is 0.907. The highest BCUT2D eigenvalue weighted by atomic mass is 79.9. The van der Waals surface area contributed by atoms with Gasteiger partial charge in [-0.25, -0.2) is 0 Å². The summed E-state index contributed by atoms with van der Waals surface area (Å²) in [6, 6.07) is 5.62.